The minimum absolute atomic E-state index is 0.0360. The highest BCUT2D eigenvalue weighted by atomic mass is 16.5. The van der Waals surface area contributed by atoms with Gasteiger partial charge < -0.3 is 10.1 Å². The first-order chi connectivity index (χ1) is 10.0. The lowest BCUT2D eigenvalue weighted by Crippen LogP contribution is -2.54. The van der Waals surface area contributed by atoms with E-state index in [-0.39, 0.29) is 24.3 Å². The molecule has 114 valence electrons. The highest BCUT2D eigenvalue weighted by Gasteiger charge is 2.30. The van der Waals surface area contributed by atoms with E-state index < -0.39 is 0 Å². The molecule has 0 radical (unpaired) electrons. The number of rotatable bonds is 4. The molecular weight excluding hydrogens is 268 g/mol. The Hall–Kier alpha value is -1.72. The number of hydrogen-bond acceptors (Lipinski definition) is 4. The normalized spacial score (nSPS) is 19.3. The monoisotopic (exact) mass is 290 g/mol. The molecule has 5 heteroatoms. The Bertz CT molecular complexity index is 542. The van der Waals surface area contributed by atoms with Gasteiger partial charge in [0.15, 0.2) is 5.78 Å². The van der Waals surface area contributed by atoms with Crippen LogP contribution in [0, 0.1) is 13.8 Å². The second-order valence-corrected chi connectivity index (χ2v) is 5.40. The van der Waals surface area contributed by atoms with Gasteiger partial charge in [-0.1, -0.05) is 12.1 Å². The fourth-order valence-corrected chi connectivity index (χ4v) is 2.43. The second-order valence-electron chi connectivity index (χ2n) is 5.40. The number of likely N-dealkylation sites (N-methyl/N-ethyl adjacent to an activating group) is 1. The molecule has 1 unspecified atom stereocenters. The number of benzene rings is 1. The SMILES string of the molecule is CNC(=O)C1COCCN1CC(=O)c1ccc(C)c(C)c1. The molecule has 0 saturated carbocycles. The molecule has 1 amide bonds. The van der Waals surface area contributed by atoms with E-state index in [0.717, 1.165) is 5.56 Å². The van der Waals surface area contributed by atoms with Gasteiger partial charge in [0.2, 0.25) is 5.91 Å². The van der Waals surface area contributed by atoms with Crippen LogP contribution in [-0.4, -0.2) is 56.0 Å². The summed E-state index contributed by atoms with van der Waals surface area (Å²) >= 11 is 0. The fraction of sp³-hybridized carbons (Fsp3) is 0.500. The van der Waals surface area contributed by atoms with Crippen molar-refractivity contribution in [3.05, 3.63) is 34.9 Å². The van der Waals surface area contributed by atoms with Crippen molar-refractivity contribution >= 4 is 11.7 Å². The van der Waals surface area contributed by atoms with Crippen LogP contribution < -0.4 is 5.32 Å². The molecule has 1 aliphatic heterocycles. The number of nitrogens with zero attached hydrogens (tertiary/aromatic N) is 1. The van der Waals surface area contributed by atoms with Gasteiger partial charge in [0.25, 0.3) is 0 Å². The van der Waals surface area contributed by atoms with Crippen LogP contribution in [0.5, 0.6) is 0 Å². The number of nitrogens with one attached hydrogen (secondary N) is 1. The van der Waals surface area contributed by atoms with Gasteiger partial charge >= 0.3 is 0 Å². The van der Waals surface area contributed by atoms with Crippen molar-refractivity contribution in [3.8, 4) is 0 Å². The smallest absolute Gasteiger partial charge is 0.239 e. The molecule has 1 N–H and O–H groups in total. The van der Waals surface area contributed by atoms with Gasteiger partial charge in [0.05, 0.1) is 19.8 Å². The standard InChI is InChI=1S/C16H22N2O3/c1-11-4-5-13(8-12(11)2)15(19)9-18-6-7-21-10-14(18)16(20)17-3/h4-5,8,14H,6-7,9-10H2,1-3H3,(H,17,20). The van der Waals surface area contributed by atoms with E-state index >= 15 is 0 Å². The molecule has 0 bridgehead atoms. The lowest BCUT2D eigenvalue weighted by Gasteiger charge is -2.33. The van der Waals surface area contributed by atoms with Crippen molar-refractivity contribution in [2.24, 2.45) is 0 Å². The Morgan fingerprint density at radius 1 is 1.33 bits per heavy atom. The molecule has 1 saturated heterocycles. The third-order valence-corrected chi connectivity index (χ3v) is 3.96. The van der Waals surface area contributed by atoms with Crippen molar-refractivity contribution < 1.29 is 14.3 Å². The van der Waals surface area contributed by atoms with Crippen LogP contribution in [0.3, 0.4) is 0 Å². The van der Waals surface area contributed by atoms with Gasteiger partial charge in [0, 0.05) is 19.2 Å². The highest BCUT2D eigenvalue weighted by molar-refractivity contribution is 5.98. The van der Waals surface area contributed by atoms with Gasteiger partial charge in [-0.2, -0.15) is 0 Å². The maximum absolute atomic E-state index is 12.4. The fourth-order valence-electron chi connectivity index (χ4n) is 2.43. The van der Waals surface area contributed by atoms with E-state index in [1.807, 2.05) is 36.9 Å². The molecule has 5 nitrogen and oxygen atoms in total. The Kier molecular flexibility index (Phi) is 5.09. The van der Waals surface area contributed by atoms with Crippen molar-refractivity contribution in [1.29, 1.82) is 0 Å². The molecule has 1 aromatic rings. The molecule has 0 aliphatic carbocycles. The summed E-state index contributed by atoms with van der Waals surface area (Å²) in [6.07, 6.45) is 0. The molecule has 1 atom stereocenters. The quantitative estimate of drug-likeness (QED) is 0.838. The first-order valence-corrected chi connectivity index (χ1v) is 7.16. The number of ketones is 1. The largest absolute Gasteiger partial charge is 0.378 e. The van der Waals surface area contributed by atoms with Gasteiger partial charge in [-0.15, -0.1) is 0 Å². The summed E-state index contributed by atoms with van der Waals surface area (Å²) in [5.41, 5.74) is 2.96. The summed E-state index contributed by atoms with van der Waals surface area (Å²) in [7, 11) is 1.60. The molecule has 1 heterocycles. The first-order valence-electron chi connectivity index (χ1n) is 7.16. The lowest BCUT2D eigenvalue weighted by atomic mass is 10.0. The zero-order valence-electron chi connectivity index (χ0n) is 12.8. The molecule has 1 fully saturated rings. The van der Waals surface area contributed by atoms with Crippen molar-refractivity contribution in [2.75, 3.05) is 33.4 Å². The van der Waals surface area contributed by atoms with E-state index in [1.165, 1.54) is 5.56 Å². The molecule has 0 spiro atoms. The molecule has 1 aliphatic rings. The minimum atomic E-state index is -0.390. The number of morpholine rings is 1. The van der Waals surface area contributed by atoms with E-state index in [0.29, 0.717) is 25.3 Å². The van der Waals surface area contributed by atoms with Crippen LogP contribution in [0.15, 0.2) is 18.2 Å². The average molecular weight is 290 g/mol. The number of carbonyl (C=O) groups excluding carboxylic acids is 2. The summed E-state index contributed by atoms with van der Waals surface area (Å²) in [6, 6.07) is 5.32. The van der Waals surface area contributed by atoms with Crippen LogP contribution in [-0.2, 0) is 9.53 Å². The van der Waals surface area contributed by atoms with Crippen molar-refractivity contribution in [1.82, 2.24) is 10.2 Å². The highest BCUT2D eigenvalue weighted by Crippen LogP contribution is 2.13. The second kappa shape index (κ2) is 6.83. The molecule has 2 rings (SSSR count). The van der Waals surface area contributed by atoms with E-state index in [4.69, 9.17) is 4.74 Å². The Morgan fingerprint density at radius 3 is 2.76 bits per heavy atom. The predicted molar refractivity (Wildman–Crippen MR) is 80.5 cm³/mol. The number of hydrogen-bond donors (Lipinski definition) is 1. The summed E-state index contributed by atoms with van der Waals surface area (Å²) in [4.78, 5) is 26.2. The van der Waals surface area contributed by atoms with Crippen LogP contribution in [0.1, 0.15) is 21.5 Å². The van der Waals surface area contributed by atoms with Crippen LogP contribution >= 0.6 is 0 Å². The van der Waals surface area contributed by atoms with Gasteiger partial charge in [-0.25, -0.2) is 0 Å². The average Bonchev–Trinajstić information content (AvgIpc) is 2.49. The summed E-state index contributed by atoms with van der Waals surface area (Å²) in [6.45, 7) is 5.73. The molecule has 1 aromatic carbocycles. The Morgan fingerprint density at radius 2 is 2.10 bits per heavy atom. The zero-order chi connectivity index (χ0) is 15.4. The van der Waals surface area contributed by atoms with Crippen LogP contribution in [0.25, 0.3) is 0 Å². The maximum Gasteiger partial charge on any atom is 0.239 e. The van der Waals surface area contributed by atoms with Gasteiger partial charge in [-0.05, 0) is 31.0 Å². The third-order valence-electron chi connectivity index (χ3n) is 3.96. The lowest BCUT2D eigenvalue weighted by molar-refractivity contribution is -0.131. The topological polar surface area (TPSA) is 58.6 Å². The molecule has 21 heavy (non-hydrogen) atoms. The Labute approximate surface area is 125 Å². The van der Waals surface area contributed by atoms with Gasteiger partial charge in [-0.3, -0.25) is 14.5 Å². The van der Waals surface area contributed by atoms with Crippen LogP contribution in [0.4, 0.5) is 0 Å². The molecular formula is C16H22N2O3. The number of aryl methyl sites for hydroxylation is 2. The van der Waals surface area contributed by atoms with E-state index in [9.17, 15) is 9.59 Å². The maximum atomic E-state index is 12.4. The summed E-state index contributed by atoms with van der Waals surface area (Å²) in [5, 5.41) is 2.62. The van der Waals surface area contributed by atoms with Crippen molar-refractivity contribution in [3.63, 3.8) is 0 Å². The number of ether oxygens (including phenoxy) is 1. The third kappa shape index (κ3) is 3.68. The van der Waals surface area contributed by atoms with E-state index in [1.54, 1.807) is 7.05 Å². The van der Waals surface area contributed by atoms with Crippen LogP contribution in [0.2, 0.25) is 0 Å². The Balaban J connectivity index is 2.09. The van der Waals surface area contributed by atoms with E-state index in [2.05, 4.69) is 5.32 Å². The first kappa shape index (κ1) is 15.7. The number of amides is 1. The minimum Gasteiger partial charge on any atom is -0.378 e. The molecule has 0 aromatic heterocycles. The zero-order valence-corrected chi connectivity index (χ0v) is 12.8. The number of carbonyl (C=O) groups is 2. The predicted octanol–water partition coefficient (Wildman–Crippen LogP) is 0.933. The summed E-state index contributed by atoms with van der Waals surface area (Å²) < 4.78 is 5.34. The van der Waals surface area contributed by atoms with Gasteiger partial charge in [0.1, 0.15) is 6.04 Å². The summed E-state index contributed by atoms with van der Waals surface area (Å²) in [5.74, 6) is -0.0727. The van der Waals surface area contributed by atoms with Crippen molar-refractivity contribution in [2.45, 2.75) is 19.9 Å². The number of Topliss-reactive ketones (excluding diaryl/α,β-unsaturated/α-hetero) is 1.